The van der Waals surface area contributed by atoms with Gasteiger partial charge in [0.05, 0.1) is 6.54 Å². The number of guanidine groups is 1. The second-order valence-electron chi connectivity index (χ2n) is 5.71. The average Bonchev–Trinajstić information content (AvgIpc) is 2.58. The predicted octanol–water partition coefficient (Wildman–Crippen LogP) is 2.46. The highest BCUT2D eigenvalue weighted by Gasteiger charge is 2.05. The van der Waals surface area contributed by atoms with Gasteiger partial charge in [-0.3, -0.25) is 9.79 Å². The SMILES string of the molecule is CCC(C)NC(=O)CCNC(=NC)NCCOc1ccc(C)cc1.I. The lowest BCUT2D eigenvalue weighted by Crippen LogP contribution is -2.41. The average molecular weight is 462 g/mol. The van der Waals surface area contributed by atoms with Gasteiger partial charge in [-0.15, -0.1) is 24.0 Å². The first-order valence-electron chi connectivity index (χ1n) is 8.48. The van der Waals surface area contributed by atoms with Crippen molar-refractivity contribution < 1.29 is 9.53 Å². The zero-order valence-electron chi connectivity index (χ0n) is 15.6. The van der Waals surface area contributed by atoms with Gasteiger partial charge in [-0.1, -0.05) is 24.6 Å². The number of nitrogens with zero attached hydrogens (tertiary/aromatic N) is 1. The van der Waals surface area contributed by atoms with Crippen LogP contribution >= 0.6 is 24.0 Å². The molecule has 0 aliphatic carbocycles. The van der Waals surface area contributed by atoms with E-state index >= 15 is 0 Å². The smallest absolute Gasteiger partial charge is 0.221 e. The van der Waals surface area contributed by atoms with E-state index in [9.17, 15) is 4.79 Å². The normalized spacial score (nSPS) is 11.9. The second-order valence-corrected chi connectivity index (χ2v) is 5.71. The monoisotopic (exact) mass is 462 g/mol. The minimum atomic E-state index is 0. The topological polar surface area (TPSA) is 74.8 Å². The van der Waals surface area contributed by atoms with E-state index in [1.54, 1.807) is 7.05 Å². The van der Waals surface area contributed by atoms with Gasteiger partial charge in [0.2, 0.25) is 5.91 Å². The van der Waals surface area contributed by atoms with Crippen LogP contribution in [0.2, 0.25) is 0 Å². The molecule has 25 heavy (non-hydrogen) atoms. The molecule has 1 aromatic rings. The summed E-state index contributed by atoms with van der Waals surface area (Å²) in [5, 5.41) is 9.22. The van der Waals surface area contributed by atoms with E-state index in [0.717, 1.165) is 12.2 Å². The van der Waals surface area contributed by atoms with Crippen LogP contribution in [0.5, 0.6) is 5.75 Å². The maximum atomic E-state index is 11.7. The lowest BCUT2D eigenvalue weighted by atomic mass is 10.2. The molecule has 0 saturated carbocycles. The van der Waals surface area contributed by atoms with Crippen LogP contribution in [0.1, 0.15) is 32.3 Å². The van der Waals surface area contributed by atoms with Gasteiger partial charge in [0, 0.05) is 26.1 Å². The number of hydrogen-bond donors (Lipinski definition) is 3. The molecule has 6 nitrogen and oxygen atoms in total. The maximum Gasteiger partial charge on any atom is 0.221 e. The molecular weight excluding hydrogens is 431 g/mol. The number of carbonyl (C=O) groups is 1. The Kier molecular flexibility index (Phi) is 12.9. The van der Waals surface area contributed by atoms with Crippen LogP contribution in [0.15, 0.2) is 29.3 Å². The lowest BCUT2D eigenvalue weighted by molar-refractivity contribution is -0.121. The van der Waals surface area contributed by atoms with Crippen LogP contribution < -0.4 is 20.7 Å². The highest BCUT2D eigenvalue weighted by atomic mass is 127. The zero-order valence-corrected chi connectivity index (χ0v) is 17.9. The third-order valence-electron chi connectivity index (χ3n) is 3.57. The Hall–Kier alpha value is -1.51. The summed E-state index contributed by atoms with van der Waals surface area (Å²) < 4.78 is 5.65. The van der Waals surface area contributed by atoms with E-state index in [4.69, 9.17) is 4.74 Å². The summed E-state index contributed by atoms with van der Waals surface area (Å²) in [6.45, 7) is 7.81. The molecule has 0 spiro atoms. The number of carbonyl (C=O) groups excluding carboxylic acids is 1. The number of rotatable bonds is 9. The van der Waals surface area contributed by atoms with Gasteiger partial charge < -0.3 is 20.7 Å². The van der Waals surface area contributed by atoms with Crippen molar-refractivity contribution in [3.8, 4) is 5.75 Å². The van der Waals surface area contributed by atoms with Gasteiger partial charge in [0.1, 0.15) is 12.4 Å². The highest BCUT2D eigenvalue weighted by Crippen LogP contribution is 2.10. The van der Waals surface area contributed by atoms with Crippen molar-refractivity contribution in [3.05, 3.63) is 29.8 Å². The van der Waals surface area contributed by atoms with Crippen LogP contribution in [-0.4, -0.2) is 44.7 Å². The van der Waals surface area contributed by atoms with Gasteiger partial charge in [0.25, 0.3) is 0 Å². The first-order chi connectivity index (χ1) is 11.5. The highest BCUT2D eigenvalue weighted by molar-refractivity contribution is 14.0. The standard InChI is InChI=1S/C18H30N4O2.HI/c1-5-15(3)22-17(23)10-11-20-18(19-4)21-12-13-24-16-8-6-14(2)7-9-16;/h6-9,15H,5,10-13H2,1-4H3,(H,22,23)(H2,19,20,21);1H. The second kappa shape index (κ2) is 13.7. The van der Waals surface area contributed by atoms with Crippen LogP contribution in [0.4, 0.5) is 0 Å². The molecule has 0 aliphatic heterocycles. The molecule has 0 aromatic heterocycles. The van der Waals surface area contributed by atoms with Crippen molar-refractivity contribution >= 4 is 35.8 Å². The quantitative estimate of drug-likeness (QED) is 0.228. The Morgan fingerprint density at radius 3 is 2.44 bits per heavy atom. The third kappa shape index (κ3) is 10.9. The molecule has 1 aromatic carbocycles. The molecule has 1 rings (SSSR count). The molecule has 1 atom stereocenters. The lowest BCUT2D eigenvalue weighted by Gasteiger charge is -2.14. The Morgan fingerprint density at radius 1 is 1.20 bits per heavy atom. The van der Waals surface area contributed by atoms with E-state index in [1.165, 1.54) is 5.56 Å². The fourth-order valence-electron chi connectivity index (χ4n) is 1.94. The Bertz CT molecular complexity index is 520. The summed E-state index contributed by atoms with van der Waals surface area (Å²) in [5.41, 5.74) is 1.21. The maximum absolute atomic E-state index is 11.7. The number of amides is 1. The summed E-state index contributed by atoms with van der Waals surface area (Å²) in [5.74, 6) is 1.57. The number of benzene rings is 1. The molecule has 7 heteroatoms. The summed E-state index contributed by atoms with van der Waals surface area (Å²) >= 11 is 0. The van der Waals surface area contributed by atoms with E-state index in [1.807, 2.05) is 45.0 Å². The number of halogens is 1. The number of aryl methyl sites for hydroxylation is 1. The minimum Gasteiger partial charge on any atom is -0.492 e. The summed E-state index contributed by atoms with van der Waals surface area (Å²) in [7, 11) is 1.70. The van der Waals surface area contributed by atoms with Crippen molar-refractivity contribution in [2.75, 3.05) is 26.7 Å². The molecule has 0 heterocycles. The van der Waals surface area contributed by atoms with Gasteiger partial charge in [0.15, 0.2) is 5.96 Å². The molecule has 0 saturated heterocycles. The summed E-state index contributed by atoms with van der Waals surface area (Å²) in [6, 6.07) is 8.17. The van der Waals surface area contributed by atoms with Crippen molar-refractivity contribution in [2.45, 2.75) is 39.7 Å². The van der Waals surface area contributed by atoms with Gasteiger partial charge in [-0.05, 0) is 32.4 Å². The first kappa shape index (κ1) is 23.5. The summed E-state index contributed by atoms with van der Waals surface area (Å²) in [4.78, 5) is 15.8. The van der Waals surface area contributed by atoms with Gasteiger partial charge >= 0.3 is 0 Å². The zero-order chi connectivity index (χ0) is 17.8. The van der Waals surface area contributed by atoms with Crippen molar-refractivity contribution in [3.63, 3.8) is 0 Å². The van der Waals surface area contributed by atoms with Crippen molar-refractivity contribution in [2.24, 2.45) is 4.99 Å². The Morgan fingerprint density at radius 2 is 1.84 bits per heavy atom. The van der Waals surface area contributed by atoms with Gasteiger partial charge in [-0.25, -0.2) is 0 Å². The van der Waals surface area contributed by atoms with E-state index < -0.39 is 0 Å². The van der Waals surface area contributed by atoms with E-state index in [-0.39, 0.29) is 35.9 Å². The number of nitrogens with one attached hydrogen (secondary N) is 3. The molecule has 0 aliphatic rings. The van der Waals surface area contributed by atoms with Crippen LogP contribution in [-0.2, 0) is 4.79 Å². The van der Waals surface area contributed by atoms with Crippen LogP contribution in [0, 0.1) is 6.92 Å². The fourth-order valence-corrected chi connectivity index (χ4v) is 1.94. The molecule has 142 valence electrons. The summed E-state index contributed by atoms with van der Waals surface area (Å²) in [6.07, 6.45) is 1.36. The first-order valence-corrected chi connectivity index (χ1v) is 8.48. The third-order valence-corrected chi connectivity index (χ3v) is 3.57. The predicted molar refractivity (Wildman–Crippen MR) is 114 cm³/mol. The molecule has 0 fully saturated rings. The fraction of sp³-hybridized carbons (Fsp3) is 0.556. The molecule has 1 unspecified atom stereocenters. The van der Waals surface area contributed by atoms with E-state index in [2.05, 4.69) is 20.9 Å². The largest absolute Gasteiger partial charge is 0.492 e. The van der Waals surface area contributed by atoms with Gasteiger partial charge in [-0.2, -0.15) is 0 Å². The Balaban J connectivity index is 0.00000576. The van der Waals surface area contributed by atoms with Crippen molar-refractivity contribution in [1.29, 1.82) is 0 Å². The van der Waals surface area contributed by atoms with Crippen LogP contribution in [0.25, 0.3) is 0 Å². The molecule has 0 bridgehead atoms. The van der Waals surface area contributed by atoms with Crippen molar-refractivity contribution in [1.82, 2.24) is 16.0 Å². The molecule has 1 amide bonds. The van der Waals surface area contributed by atoms with E-state index in [0.29, 0.717) is 32.1 Å². The number of hydrogen-bond acceptors (Lipinski definition) is 3. The molecular formula is C18H31IN4O2. The van der Waals surface area contributed by atoms with Crippen LogP contribution in [0.3, 0.4) is 0 Å². The molecule has 0 radical (unpaired) electrons. The molecule has 3 N–H and O–H groups in total. The minimum absolute atomic E-state index is 0. The number of ether oxygens (including phenoxy) is 1. The number of aliphatic imine (C=N–C) groups is 1. The Labute approximate surface area is 168 Å².